The number of alkyl halides is 3. The molecule has 0 aromatic heterocycles. The van der Waals surface area contributed by atoms with Crippen molar-refractivity contribution < 1.29 is 18.3 Å². The summed E-state index contributed by atoms with van der Waals surface area (Å²) in [5.41, 5.74) is -0.445. The molecule has 0 unspecified atom stereocenters. The second-order valence-corrected chi connectivity index (χ2v) is 5.13. The molecule has 0 aliphatic heterocycles. The van der Waals surface area contributed by atoms with E-state index in [0.29, 0.717) is 6.54 Å². The zero-order valence-electron chi connectivity index (χ0n) is 11.9. The number of benzene rings is 1. The standard InChI is InChI=1S/C14H21F3N2O/c1-10(18-8-11(20)9-19(2)3)12-6-4-5-7-13(12)14(15,16)17/h4-7,10-11,18,20H,8-9H2,1-3H3/t10-,11+/m1/s1. The Morgan fingerprint density at radius 3 is 2.40 bits per heavy atom. The Balaban J connectivity index is 2.71. The zero-order valence-corrected chi connectivity index (χ0v) is 11.9. The lowest BCUT2D eigenvalue weighted by molar-refractivity contribution is -0.138. The number of halogens is 3. The molecule has 0 heterocycles. The summed E-state index contributed by atoms with van der Waals surface area (Å²) in [6.07, 6.45) is -4.99. The number of nitrogens with zero attached hydrogens (tertiary/aromatic N) is 1. The number of aliphatic hydroxyl groups excluding tert-OH is 1. The van der Waals surface area contributed by atoms with Gasteiger partial charge in [0, 0.05) is 19.1 Å². The van der Waals surface area contributed by atoms with Crippen molar-refractivity contribution in [2.75, 3.05) is 27.2 Å². The third-order valence-electron chi connectivity index (χ3n) is 2.97. The largest absolute Gasteiger partial charge is 0.416 e. The summed E-state index contributed by atoms with van der Waals surface area (Å²) in [7, 11) is 3.65. The first-order valence-corrected chi connectivity index (χ1v) is 6.44. The molecule has 0 aliphatic rings. The minimum Gasteiger partial charge on any atom is -0.390 e. The molecular weight excluding hydrogens is 269 g/mol. The van der Waals surface area contributed by atoms with Crippen molar-refractivity contribution in [2.45, 2.75) is 25.2 Å². The van der Waals surface area contributed by atoms with E-state index < -0.39 is 23.9 Å². The zero-order chi connectivity index (χ0) is 15.3. The maximum absolute atomic E-state index is 12.9. The van der Waals surface area contributed by atoms with Gasteiger partial charge in [0.15, 0.2) is 0 Å². The van der Waals surface area contributed by atoms with Crippen LogP contribution in [0.4, 0.5) is 13.2 Å². The van der Waals surface area contributed by atoms with Crippen molar-refractivity contribution in [3.05, 3.63) is 35.4 Å². The first kappa shape index (κ1) is 16.9. The topological polar surface area (TPSA) is 35.5 Å². The molecule has 0 fully saturated rings. The maximum Gasteiger partial charge on any atom is 0.416 e. The molecule has 0 spiro atoms. The fourth-order valence-electron chi connectivity index (χ4n) is 2.04. The second-order valence-electron chi connectivity index (χ2n) is 5.13. The van der Waals surface area contributed by atoms with Gasteiger partial charge in [0.1, 0.15) is 0 Å². The van der Waals surface area contributed by atoms with E-state index in [1.165, 1.54) is 12.1 Å². The van der Waals surface area contributed by atoms with Crippen LogP contribution in [0.25, 0.3) is 0 Å². The van der Waals surface area contributed by atoms with Gasteiger partial charge in [-0.3, -0.25) is 0 Å². The Labute approximate surface area is 117 Å². The average Bonchev–Trinajstić information content (AvgIpc) is 2.34. The summed E-state index contributed by atoms with van der Waals surface area (Å²) in [5, 5.41) is 12.7. The Morgan fingerprint density at radius 1 is 1.25 bits per heavy atom. The van der Waals surface area contributed by atoms with Crippen LogP contribution in [0, 0.1) is 0 Å². The molecule has 0 saturated heterocycles. The van der Waals surface area contributed by atoms with Gasteiger partial charge >= 0.3 is 6.18 Å². The number of aliphatic hydroxyl groups is 1. The van der Waals surface area contributed by atoms with Crippen LogP contribution < -0.4 is 5.32 Å². The predicted molar refractivity (Wildman–Crippen MR) is 72.4 cm³/mol. The summed E-state index contributed by atoms with van der Waals surface area (Å²) < 4.78 is 38.7. The van der Waals surface area contributed by atoms with Crippen molar-refractivity contribution in [1.29, 1.82) is 0 Å². The van der Waals surface area contributed by atoms with Gasteiger partial charge in [-0.1, -0.05) is 18.2 Å². The van der Waals surface area contributed by atoms with Crippen molar-refractivity contribution >= 4 is 0 Å². The number of nitrogens with one attached hydrogen (secondary N) is 1. The van der Waals surface area contributed by atoms with E-state index in [2.05, 4.69) is 5.32 Å². The van der Waals surface area contributed by atoms with Crippen LogP contribution in [0.3, 0.4) is 0 Å². The van der Waals surface area contributed by atoms with Gasteiger partial charge in [-0.2, -0.15) is 13.2 Å². The Bertz CT molecular complexity index is 421. The third-order valence-corrected chi connectivity index (χ3v) is 2.97. The monoisotopic (exact) mass is 290 g/mol. The van der Waals surface area contributed by atoms with Crippen molar-refractivity contribution in [1.82, 2.24) is 10.2 Å². The quantitative estimate of drug-likeness (QED) is 0.844. The molecule has 0 saturated carbocycles. The maximum atomic E-state index is 12.9. The van der Waals surface area contributed by atoms with E-state index in [0.717, 1.165) is 6.07 Å². The summed E-state index contributed by atoms with van der Waals surface area (Å²) in [5.74, 6) is 0. The van der Waals surface area contributed by atoms with Gasteiger partial charge < -0.3 is 15.3 Å². The van der Waals surface area contributed by atoms with E-state index >= 15 is 0 Å². The highest BCUT2D eigenvalue weighted by molar-refractivity contribution is 5.32. The Kier molecular flexibility index (Phi) is 5.98. The number of likely N-dealkylation sites (N-methyl/N-ethyl adjacent to an activating group) is 1. The summed E-state index contributed by atoms with van der Waals surface area (Å²) >= 11 is 0. The number of rotatable bonds is 6. The molecule has 0 radical (unpaired) electrons. The van der Waals surface area contributed by atoms with Crippen LogP contribution in [-0.4, -0.2) is 43.3 Å². The molecular formula is C14H21F3N2O. The number of hydrogen-bond donors (Lipinski definition) is 2. The lowest BCUT2D eigenvalue weighted by Gasteiger charge is -2.22. The van der Waals surface area contributed by atoms with E-state index in [1.54, 1.807) is 13.0 Å². The van der Waals surface area contributed by atoms with Crippen LogP contribution >= 0.6 is 0 Å². The molecule has 6 heteroatoms. The highest BCUT2D eigenvalue weighted by atomic mass is 19.4. The summed E-state index contributed by atoms with van der Waals surface area (Å²) in [4.78, 5) is 1.82. The van der Waals surface area contributed by atoms with Crippen LogP contribution in [0.15, 0.2) is 24.3 Å². The minimum absolute atomic E-state index is 0.192. The molecule has 1 aromatic rings. The fourth-order valence-corrected chi connectivity index (χ4v) is 2.04. The third kappa shape index (κ3) is 5.11. The molecule has 20 heavy (non-hydrogen) atoms. The first-order valence-electron chi connectivity index (χ1n) is 6.44. The van der Waals surface area contributed by atoms with Gasteiger partial charge in [0.05, 0.1) is 11.7 Å². The van der Waals surface area contributed by atoms with Gasteiger partial charge in [-0.15, -0.1) is 0 Å². The molecule has 1 aromatic carbocycles. The SMILES string of the molecule is C[C@@H](NC[C@H](O)CN(C)C)c1ccccc1C(F)(F)F. The molecule has 114 valence electrons. The van der Waals surface area contributed by atoms with E-state index in [9.17, 15) is 18.3 Å². The molecule has 2 atom stereocenters. The molecule has 2 N–H and O–H groups in total. The molecule has 3 nitrogen and oxygen atoms in total. The normalized spacial score (nSPS) is 15.4. The first-order chi connectivity index (χ1) is 9.21. The van der Waals surface area contributed by atoms with Crippen molar-refractivity contribution in [3.8, 4) is 0 Å². The van der Waals surface area contributed by atoms with Crippen LogP contribution in [-0.2, 0) is 6.18 Å². The lowest BCUT2D eigenvalue weighted by atomic mass is 10.0. The van der Waals surface area contributed by atoms with Crippen LogP contribution in [0.1, 0.15) is 24.1 Å². The Hall–Kier alpha value is -1.11. The summed E-state index contributed by atoms with van der Waals surface area (Å²) in [6, 6.07) is 5.01. The summed E-state index contributed by atoms with van der Waals surface area (Å²) in [6.45, 7) is 2.36. The van der Waals surface area contributed by atoms with Gasteiger partial charge in [0.2, 0.25) is 0 Å². The lowest BCUT2D eigenvalue weighted by Crippen LogP contribution is -2.36. The average molecular weight is 290 g/mol. The smallest absolute Gasteiger partial charge is 0.390 e. The van der Waals surface area contributed by atoms with Crippen molar-refractivity contribution in [3.63, 3.8) is 0 Å². The van der Waals surface area contributed by atoms with Crippen LogP contribution in [0.5, 0.6) is 0 Å². The molecule has 0 amide bonds. The minimum atomic E-state index is -4.37. The van der Waals surface area contributed by atoms with E-state index in [1.807, 2.05) is 19.0 Å². The van der Waals surface area contributed by atoms with Crippen LogP contribution in [0.2, 0.25) is 0 Å². The number of hydrogen-bond acceptors (Lipinski definition) is 3. The fraction of sp³-hybridized carbons (Fsp3) is 0.571. The molecule has 1 rings (SSSR count). The molecule has 0 aliphatic carbocycles. The van der Waals surface area contributed by atoms with E-state index in [4.69, 9.17) is 0 Å². The van der Waals surface area contributed by atoms with Gasteiger partial charge in [0.25, 0.3) is 0 Å². The van der Waals surface area contributed by atoms with Crippen molar-refractivity contribution in [2.24, 2.45) is 0 Å². The highest BCUT2D eigenvalue weighted by Gasteiger charge is 2.34. The highest BCUT2D eigenvalue weighted by Crippen LogP contribution is 2.34. The van der Waals surface area contributed by atoms with Gasteiger partial charge in [-0.05, 0) is 32.6 Å². The second kappa shape index (κ2) is 7.06. The Morgan fingerprint density at radius 2 is 1.85 bits per heavy atom. The molecule has 0 bridgehead atoms. The van der Waals surface area contributed by atoms with Gasteiger partial charge in [-0.25, -0.2) is 0 Å². The predicted octanol–water partition coefficient (Wildman–Crippen LogP) is 2.28. The van der Waals surface area contributed by atoms with E-state index in [-0.39, 0.29) is 12.1 Å².